The molecule has 6 heteroatoms. The van der Waals surface area contributed by atoms with E-state index in [1.807, 2.05) is 0 Å². The van der Waals surface area contributed by atoms with E-state index in [0.29, 0.717) is 10.7 Å². The quantitative estimate of drug-likeness (QED) is 0.569. The number of H-pyrrole nitrogens is 1. The van der Waals surface area contributed by atoms with Gasteiger partial charge in [0.15, 0.2) is 4.77 Å². The minimum absolute atomic E-state index is 0.446. The lowest BCUT2D eigenvalue weighted by atomic mass is 10.4. The summed E-state index contributed by atoms with van der Waals surface area (Å²) < 4.78 is 7.88. The molecule has 1 aliphatic carbocycles. The molecule has 0 saturated heterocycles. The smallest absolute Gasteiger partial charge is 0.220 e. The van der Waals surface area contributed by atoms with Crippen LogP contribution in [0.3, 0.4) is 0 Å². The van der Waals surface area contributed by atoms with Gasteiger partial charge in [0, 0.05) is 19.8 Å². The second kappa shape index (κ2) is 4.76. The topological polar surface area (TPSA) is 68.9 Å². The first-order valence-corrected chi connectivity index (χ1v) is 5.66. The molecule has 1 heterocycles. The summed E-state index contributed by atoms with van der Waals surface area (Å²) in [4.78, 5) is 0. The molecule has 1 fully saturated rings. The fourth-order valence-corrected chi connectivity index (χ4v) is 1.64. The lowest BCUT2D eigenvalue weighted by Gasteiger charge is -2.04. The van der Waals surface area contributed by atoms with E-state index in [1.165, 1.54) is 12.8 Å². The molecule has 1 saturated carbocycles. The molecule has 0 aliphatic heterocycles. The average molecular weight is 228 g/mol. The molecule has 84 valence electrons. The van der Waals surface area contributed by atoms with Crippen molar-refractivity contribution in [2.75, 3.05) is 18.9 Å². The second-order valence-corrected chi connectivity index (χ2v) is 4.30. The van der Waals surface area contributed by atoms with Crippen molar-refractivity contribution in [1.29, 1.82) is 0 Å². The molecule has 0 spiro atoms. The van der Waals surface area contributed by atoms with Crippen LogP contribution in [-0.4, -0.2) is 28.0 Å². The van der Waals surface area contributed by atoms with Gasteiger partial charge in [-0.15, -0.1) is 5.10 Å². The maximum atomic E-state index is 5.63. The van der Waals surface area contributed by atoms with E-state index < -0.39 is 0 Å². The molecule has 0 radical (unpaired) electrons. The number of aromatic nitrogens is 3. The standard InChI is InChI=1S/C9H16N4OS/c10-8-11-12-9(15)13(8)4-1-5-14-6-7-2-3-7/h7H,1-6H2,(H2,10,11)(H,12,15). The maximum absolute atomic E-state index is 5.63. The highest BCUT2D eigenvalue weighted by atomic mass is 32.1. The van der Waals surface area contributed by atoms with Gasteiger partial charge in [-0.25, -0.2) is 5.10 Å². The summed E-state index contributed by atoms with van der Waals surface area (Å²) >= 11 is 5.03. The van der Waals surface area contributed by atoms with Crippen molar-refractivity contribution in [3.63, 3.8) is 0 Å². The molecule has 1 aromatic heterocycles. The van der Waals surface area contributed by atoms with E-state index in [-0.39, 0.29) is 0 Å². The zero-order valence-electron chi connectivity index (χ0n) is 8.61. The molecule has 3 N–H and O–H groups in total. The van der Waals surface area contributed by atoms with Crippen LogP contribution in [0.4, 0.5) is 5.95 Å². The van der Waals surface area contributed by atoms with Crippen molar-refractivity contribution in [2.24, 2.45) is 5.92 Å². The molecule has 0 aromatic carbocycles. The van der Waals surface area contributed by atoms with Crippen molar-refractivity contribution in [3.8, 4) is 0 Å². The Morgan fingerprint density at radius 2 is 2.40 bits per heavy atom. The summed E-state index contributed by atoms with van der Waals surface area (Å²) in [5.41, 5.74) is 5.63. The van der Waals surface area contributed by atoms with Crippen LogP contribution in [0.15, 0.2) is 0 Å². The molecular formula is C9H16N4OS. The summed E-state index contributed by atoms with van der Waals surface area (Å²) in [5.74, 6) is 1.27. The Morgan fingerprint density at radius 3 is 3.00 bits per heavy atom. The summed E-state index contributed by atoms with van der Waals surface area (Å²) in [7, 11) is 0. The first-order chi connectivity index (χ1) is 7.27. The molecule has 2 rings (SSSR count). The third-order valence-electron chi connectivity index (χ3n) is 2.51. The van der Waals surface area contributed by atoms with Gasteiger partial charge >= 0.3 is 0 Å². The number of nitrogens with two attached hydrogens (primary N) is 1. The second-order valence-electron chi connectivity index (χ2n) is 3.91. The number of hydrogen-bond acceptors (Lipinski definition) is 4. The van der Waals surface area contributed by atoms with Gasteiger partial charge in [-0.1, -0.05) is 0 Å². The Bertz CT molecular complexity index is 368. The fourth-order valence-electron chi connectivity index (χ4n) is 1.41. The molecule has 5 nitrogen and oxygen atoms in total. The summed E-state index contributed by atoms with van der Waals surface area (Å²) in [6, 6.07) is 0. The zero-order valence-corrected chi connectivity index (χ0v) is 9.42. The predicted octanol–water partition coefficient (Wildman–Crippen LogP) is 1.34. The van der Waals surface area contributed by atoms with E-state index in [1.54, 1.807) is 4.57 Å². The highest BCUT2D eigenvalue weighted by molar-refractivity contribution is 7.71. The number of ether oxygens (including phenoxy) is 1. The number of anilines is 1. The van der Waals surface area contributed by atoms with Gasteiger partial charge in [0.2, 0.25) is 5.95 Å². The third kappa shape index (κ3) is 3.04. The van der Waals surface area contributed by atoms with Crippen LogP contribution in [0.2, 0.25) is 0 Å². The van der Waals surface area contributed by atoms with E-state index in [9.17, 15) is 0 Å². The number of nitrogen functional groups attached to an aromatic ring is 1. The zero-order chi connectivity index (χ0) is 10.7. The maximum Gasteiger partial charge on any atom is 0.220 e. The van der Waals surface area contributed by atoms with E-state index in [2.05, 4.69) is 10.2 Å². The number of nitrogens with one attached hydrogen (secondary N) is 1. The summed E-state index contributed by atoms with van der Waals surface area (Å²) in [6.45, 7) is 2.45. The largest absolute Gasteiger partial charge is 0.381 e. The highest BCUT2D eigenvalue weighted by Gasteiger charge is 2.20. The van der Waals surface area contributed by atoms with Crippen LogP contribution in [0.5, 0.6) is 0 Å². The van der Waals surface area contributed by atoms with Crippen LogP contribution in [0.25, 0.3) is 0 Å². The Hall–Kier alpha value is -0.880. The number of rotatable bonds is 6. The first kappa shape index (κ1) is 10.6. The summed E-state index contributed by atoms with van der Waals surface area (Å²) in [5, 5.41) is 6.49. The normalized spacial score (nSPS) is 15.7. The fraction of sp³-hybridized carbons (Fsp3) is 0.778. The van der Waals surface area contributed by atoms with Gasteiger partial charge in [-0.05, 0) is 37.4 Å². The Balaban J connectivity index is 1.66. The molecule has 15 heavy (non-hydrogen) atoms. The van der Waals surface area contributed by atoms with E-state index >= 15 is 0 Å². The number of nitrogens with zero attached hydrogens (tertiary/aromatic N) is 2. The van der Waals surface area contributed by atoms with E-state index in [0.717, 1.165) is 32.1 Å². The monoisotopic (exact) mass is 228 g/mol. The average Bonchev–Trinajstić information content (AvgIpc) is 2.98. The van der Waals surface area contributed by atoms with Crippen LogP contribution >= 0.6 is 12.2 Å². The highest BCUT2D eigenvalue weighted by Crippen LogP contribution is 2.28. The third-order valence-corrected chi connectivity index (χ3v) is 2.82. The molecule has 1 aromatic rings. The van der Waals surface area contributed by atoms with Crippen molar-refractivity contribution in [2.45, 2.75) is 25.8 Å². The van der Waals surface area contributed by atoms with Crippen LogP contribution in [0, 0.1) is 10.7 Å². The van der Waals surface area contributed by atoms with Crippen molar-refractivity contribution in [3.05, 3.63) is 4.77 Å². The lowest BCUT2D eigenvalue weighted by Crippen LogP contribution is -2.07. The Labute approximate surface area is 93.6 Å². The SMILES string of the molecule is Nc1n[nH]c(=S)n1CCCOCC1CC1. The number of hydrogen-bond donors (Lipinski definition) is 2. The molecule has 0 amide bonds. The van der Waals surface area contributed by atoms with Gasteiger partial charge in [-0.2, -0.15) is 0 Å². The number of aromatic amines is 1. The lowest BCUT2D eigenvalue weighted by molar-refractivity contribution is 0.119. The van der Waals surface area contributed by atoms with Gasteiger partial charge < -0.3 is 10.5 Å². The molecule has 0 atom stereocenters. The van der Waals surface area contributed by atoms with Crippen LogP contribution in [0.1, 0.15) is 19.3 Å². The Kier molecular flexibility index (Phi) is 3.37. The van der Waals surface area contributed by atoms with Crippen molar-refractivity contribution in [1.82, 2.24) is 14.8 Å². The molecule has 0 unspecified atom stereocenters. The molecular weight excluding hydrogens is 212 g/mol. The first-order valence-electron chi connectivity index (χ1n) is 5.26. The van der Waals surface area contributed by atoms with Crippen LogP contribution in [-0.2, 0) is 11.3 Å². The van der Waals surface area contributed by atoms with Crippen LogP contribution < -0.4 is 5.73 Å². The van der Waals surface area contributed by atoms with Gasteiger partial charge in [-0.3, -0.25) is 4.57 Å². The minimum atomic E-state index is 0.446. The molecule has 1 aliphatic rings. The summed E-state index contributed by atoms with van der Waals surface area (Å²) in [6.07, 6.45) is 3.59. The van der Waals surface area contributed by atoms with Gasteiger partial charge in [0.05, 0.1) is 0 Å². The van der Waals surface area contributed by atoms with Gasteiger partial charge in [0.1, 0.15) is 0 Å². The van der Waals surface area contributed by atoms with E-state index in [4.69, 9.17) is 22.7 Å². The Morgan fingerprint density at radius 1 is 1.60 bits per heavy atom. The van der Waals surface area contributed by atoms with Gasteiger partial charge in [0.25, 0.3) is 0 Å². The minimum Gasteiger partial charge on any atom is -0.381 e. The molecule has 0 bridgehead atoms. The van der Waals surface area contributed by atoms with Crippen molar-refractivity contribution >= 4 is 18.2 Å². The predicted molar refractivity (Wildman–Crippen MR) is 60.0 cm³/mol. The van der Waals surface area contributed by atoms with Crippen molar-refractivity contribution < 1.29 is 4.74 Å².